The number of hydrogen-bond acceptors (Lipinski definition) is 5. The molecule has 41 heavy (non-hydrogen) atoms. The average molecular weight is 607 g/mol. The van der Waals surface area contributed by atoms with Crippen LogP contribution in [-0.2, 0) is 31.1 Å². The molecule has 5 aromatic rings. The van der Waals surface area contributed by atoms with Crippen LogP contribution in [0.2, 0.25) is 0 Å². The third kappa shape index (κ3) is 10.3. The number of rotatable bonds is 5. The van der Waals surface area contributed by atoms with Crippen molar-refractivity contribution in [2.45, 2.75) is 38.3 Å². The minimum Gasteiger partial charge on any atom is -0.744 e. The second kappa shape index (κ2) is 14.8. The SMILES string of the molecule is Cc1ccc(S(=O)(=O)O)cc1.Cc1ccc(S(=O)(=O)[O-])cc1.c1ccc([S+](c2ccccc2)c2ccccc2)cc1. The van der Waals surface area contributed by atoms with Gasteiger partial charge in [-0.3, -0.25) is 4.55 Å². The van der Waals surface area contributed by atoms with E-state index in [1.165, 1.54) is 39.0 Å². The van der Waals surface area contributed by atoms with Crippen LogP contribution in [0, 0.1) is 13.8 Å². The molecule has 0 bridgehead atoms. The largest absolute Gasteiger partial charge is 0.744 e. The van der Waals surface area contributed by atoms with Gasteiger partial charge >= 0.3 is 0 Å². The lowest BCUT2D eigenvalue weighted by molar-refractivity contribution is 0.463. The summed E-state index contributed by atoms with van der Waals surface area (Å²) in [6.45, 7) is 3.66. The van der Waals surface area contributed by atoms with Crippen molar-refractivity contribution in [3.05, 3.63) is 151 Å². The van der Waals surface area contributed by atoms with E-state index < -0.39 is 20.2 Å². The molecule has 9 heteroatoms. The monoisotopic (exact) mass is 606 g/mol. The first-order valence-electron chi connectivity index (χ1n) is 12.4. The number of hydrogen-bond donors (Lipinski definition) is 1. The van der Waals surface area contributed by atoms with Gasteiger partial charge in [-0.2, -0.15) is 8.42 Å². The van der Waals surface area contributed by atoms with Gasteiger partial charge in [-0.05, 0) is 74.5 Å². The van der Waals surface area contributed by atoms with E-state index in [9.17, 15) is 21.4 Å². The van der Waals surface area contributed by atoms with E-state index in [-0.39, 0.29) is 20.7 Å². The predicted molar refractivity (Wildman–Crippen MR) is 162 cm³/mol. The van der Waals surface area contributed by atoms with Crippen molar-refractivity contribution >= 4 is 31.1 Å². The summed E-state index contributed by atoms with van der Waals surface area (Å²) in [6, 6.07) is 43.9. The van der Waals surface area contributed by atoms with Crippen molar-refractivity contribution in [3.63, 3.8) is 0 Å². The highest BCUT2D eigenvalue weighted by Gasteiger charge is 2.27. The summed E-state index contributed by atoms with van der Waals surface area (Å²) in [7, 11) is -8.30. The van der Waals surface area contributed by atoms with Gasteiger partial charge in [0, 0.05) is 0 Å². The summed E-state index contributed by atoms with van der Waals surface area (Å²) in [5.74, 6) is 0. The molecular weight excluding hydrogens is 577 g/mol. The van der Waals surface area contributed by atoms with E-state index in [1.807, 2.05) is 13.8 Å². The molecule has 0 unspecified atom stereocenters. The van der Waals surface area contributed by atoms with Crippen molar-refractivity contribution in [3.8, 4) is 0 Å². The lowest BCUT2D eigenvalue weighted by Gasteiger charge is -2.07. The Balaban J connectivity index is 0.000000181. The number of benzene rings is 5. The Kier molecular flexibility index (Phi) is 11.5. The van der Waals surface area contributed by atoms with Crippen LogP contribution in [0.25, 0.3) is 0 Å². The van der Waals surface area contributed by atoms with Gasteiger partial charge in [-0.15, -0.1) is 0 Å². The maximum absolute atomic E-state index is 10.5. The molecule has 0 heterocycles. The molecule has 5 aromatic carbocycles. The topological polar surface area (TPSA) is 112 Å². The van der Waals surface area contributed by atoms with Gasteiger partial charge in [0.25, 0.3) is 10.1 Å². The van der Waals surface area contributed by atoms with Crippen LogP contribution < -0.4 is 0 Å². The molecule has 5 rings (SSSR count). The zero-order chi connectivity index (χ0) is 29.9. The van der Waals surface area contributed by atoms with Crippen molar-refractivity contribution in [2.75, 3.05) is 0 Å². The normalized spacial score (nSPS) is 11.0. The van der Waals surface area contributed by atoms with Crippen LogP contribution >= 0.6 is 0 Å². The third-order valence-electron chi connectivity index (χ3n) is 5.57. The van der Waals surface area contributed by atoms with E-state index >= 15 is 0 Å². The van der Waals surface area contributed by atoms with Gasteiger partial charge in [0.1, 0.15) is 10.1 Å². The summed E-state index contributed by atoms with van der Waals surface area (Å²) in [5.41, 5.74) is 1.88. The van der Waals surface area contributed by atoms with Crippen LogP contribution in [-0.4, -0.2) is 25.9 Å². The highest BCUT2D eigenvalue weighted by Crippen LogP contribution is 2.30. The minimum atomic E-state index is -4.27. The van der Waals surface area contributed by atoms with E-state index in [1.54, 1.807) is 24.3 Å². The van der Waals surface area contributed by atoms with E-state index in [2.05, 4.69) is 91.0 Å². The molecule has 1 N–H and O–H groups in total. The van der Waals surface area contributed by atoms with Crippen molar-refractivity contribution in [1.29, 1.82) is 0 Å². The Morgan fingerprint density at radius 1 is 0.488 bits per heavy atom. The molecule has 0 saturated heterocycles. The highest BCUT2D eigenvalue weighted by atomic mass is 32.2. The zero-order valence-electron chi connectivity index (χ0n) is 22.5. The Labute approximate surface area is 245 Å². The quantitative estimate of drug-likeness (QED) is 0.172. The predicted octanol–water partition coefficient (Wildman–Crippen LogP) is 6.92. The summed E-state index contributed by atoms with van der Waals surface area (Å²) in [4.78, 5) is 3.84. The third-order valence-corrected chi connectivity index (χ3v) is 9.51. The summed E-state index contributed by atoms with van der Waals surface area (Å²) in [5, 5.41) is 0. The zero-order valence-corrected chi connectivity index (χ0v) is 24.9. The van der Waals surface area contributed by atoms with Crippen LogP contribution in [0.3, 0.4) is 0 Å². The fourth-order valence-electron chi connectivity index (χ4n) is 3.49. The van der Waals surface area contributed by atoms with Gasteiger partial charge in [0.2, 0.25) is 0 Å². The first kappa shape index (κ1) is 31.8. The van der Waals surface area contributed by atoms with Crippen molar-refractivity contribution in [1.82, 2.24) is 0 Å². The highest BCUT2D eigenvalue weighted by molar-refractivity contribution is 7.97. The summed E-state index contributed by atoms with van der Waals surface area (Å²) in [6.07, 6.45) is 0. The molecule has 0 radical (unpaired) electrons. The van der Waals surface area contributed by atoms with Crippen molar-refractivity contribution in [2.24, 2.45) is 0 Å². The fraction of sp³-hybridized carbons (Fsp3) is 0.0625. The van der Waals surface area contributed by atoms with Crippen LogP contribution in [0.15, 0.2) is 164 Å². The average Bonchev–Trinajstić information content (AvgIpc) is 2.95. The van der Waals surface area contributed by atoms with Gasteiger partial charge in [0.15, 0.2) is 14.7 Å². The van der Waals surface area contributed by atoms with E-state index in [0.717, 1.165) is 11.1 Å². The molecule has 0 amide bonds. The summed E-state index contributed by atoms with van der Waals surface area (Å²) < 4.78 is 60.7. The molecule has 0 fully saturated rings. The second-order valence-electron chi connectivity index (χ2n) is 8.80. The van der Waals surface area contributed by atoms with Gasteiger partial charge < -0.3 is 4.55 Å². The molecular formula is C32H30O6S3. The standard InChI is InChI=1S/C18H15S.2C7H8O3S/c1-4-10-16(11-5-1)19(17-12-6-2-7-13-17)18-14-8-3-9-15-18;2*1-6-2-4-7(5-3-6)11(8,9)10/h1-15H;2*2-5H,1H3,(H,8,9,10)/q+1;;/p-1. The molecule has 0 aliphatic carbocycles. The first-order valence-corrected chi connectivity index (χ1v) is 16.5. The first-order chi connectivity index (χ1) is 19.4. The van der Waals surface area contributed by atoms with Crippen molar-refractivity contribution < 1.29 is 25.9 Å². The summed E-state index contributed by atoms with van der Waals surface area (Å²) >= 11 is 0. The molecule has 0 spiro atoms. The minimum absolute atomic E-state index is 0.0146. The van der Waals surface area contributed by atoms with Gasteiger partial charge in [-0.1, -0.05) is 90.0 Å². The smallest absolute Gasteiger partial charge is 0.294 e. The van der Waals surface area contributed by atoms with Crippen LogP contribution in [0.5, 0.6) is 0 Å². The fourth-order valence-corrected chi connectivity index (χ4v) is 6.55. The molecule has 0 aromatic heterocycles. The Hall–Kier alpha value is -3.73. The van der Waals surface area contributed by atoms with Crippen LogP contribution in [0.1, 0.15) is 11.1 Å². The molecule has 0 saturated carbocycles. The lowest BCUT2D eigenvalue weighted by atomic mass is 10.2. The van der Waals surface area contributed by atoms with Crippen LogP contribution in [0.4, 0.5) is 0 Å². The lowest BCUT2D eigenvalue weighted by Crippen LogP contribution is -2.04. The molecule has 212 valence electrons. The Morgan fingerprint density at radius 3 is 1.05 bits per heavy atom. The maximum atomic E-state index is 10.5. The Morgan fingerprint density at radius 2 is 0.780 bits per heavy atom. The van der Waals surface area contributed by atoms with Gasteiger partial charge in [-0.25, -0.2) is 8.42 Å². The molecule has 0 aliphatic heterocycles. The number of aryl methyl sites for hydroxylation is 2. The second-order valence-corrected chi connectivity index (χ2v) is 13.6. The van der Waals surface area contributed by atoms with E-state index in [4.69, 9.17) is 4.55 Å². The maximum Gasteiger partial charge on any atom is 0.294 e. The molecule has 0 atom stereocenters. The molecule has 0 aliphatic rings. The Bertz CT molecular complexity index is 1540. The van der Waals surface area contributed by atoms with Gasteiger partial charge in [0.05, 0.1) is 20.7 Å². The molecule has 6 nitrogen and oxygen atoms in total. The van der Waals surface area contributed by atoms with E-state index in [0.29, 0.717) is 0 Å².